The minimum atomic E-state index is -0.681. The zero-order valence-electron chi connectivity index (χ0n) is 23.1. The molecule has 0 unspecified atom stereocenters. The molecule has 0 spiro atoms. The van der Waals surface area contributed by atoms with Crippen LogP contribution in [0.2, 0.25) is 0 Å². The number of primary amides is 1. The second-order valence-electron chi connectivity index (χ2n) is 10.4. The van der Waals surface area contributed by atoms with E-state index in [1.807, 2.05) is 65.8 Å². The lowest BCUT2D eigenvalue weighted by molar-refractivity contribution is -0.135. The van der Waals surface area contributed by atoms with Gasteiger partial charge < -0.3 is 10.5 Å². The van der Waals surface area contributed by atoms with Crippen molar-refractivity contribution >= 4 is 22.7 Å². The minimum Gasteiger partial charge on any atom is -0.489 e. The highest BCUT2D eigenvalue weighted by Crippen LogP contribution is 2.25. The van der Waals surface area contributed by atoms with Crippen molar-refractivity contribution < 1.29 is 19.5 Å². The average Bonchev–Trinajstić information content (AvgIpc) is 2.99. The van der Waals surface area contributed by atoms with Gasteiger partial charge in [-0.05, 0) is 54.8 Å². The average molecular weight is 554 g/mol. The molecule has 2 heterocycles. The molecule has 0 radical (unpaired) electrons. The van der Waals surface area contributed by atoms with Crippen LogP contribution in [0.5, 0.6) is 5.75 Å². The van der Waals surface area contributed by atoms with E-state index in [4.69, 9.17) is 10.5 Å². The van der Waals surface area contributed by atoms with Crippen LogP contribution in [0.15, 0.2) is 78.9 Å². The van der Waals surface area contributed by atoms with E-state index in [2.05, 4.69) is 22.0 Å². The van der Waals surface area contributed by atoms with Crippen LogP contribution in [-0.4, -0.2) is 64.0 Å². The number of aryl methyl sites for hydroxylation is 1. The number of carbonyl (C=O) groups excluding carboxylic acids is 2. The number of hydrogen-bond donors (Lipinski definition) is 3. The van der Waals surface area contributed by atoms with E-state index < -0.39 is 17.9 Å². The Morgan fingerprint density at radius 3 is 2.44 bits per heavy atom. The van der Waals surface area contributed by atoms with Crippen molar-refractivity contribution in [1.82, 2.24) is 20.3 Å². The fourth-order valence-corrected chi connectivity index (χ4v) is 5.49. The van der Waals surface area contributed by atoms with Gasteiger partial charge in [0, 0.05) is 54.9 Å². The summed E-state index contributed by atoms with van der Waals surface area (Å²) in [6.45, 7) is 5.92. The van der Waals surface area contributed by atoms with E-state index in [0.717, 1.165) is 41.8 Å². The highest BCUT2D eigenvalue weighted by atomic mass is 16.5. The molecule has 2 amide bonds. The molecule has 0 aliphatic carbocycles. The van der Waals surface area contributed by atoms with Gasteiger partial charge in [-0.25, -0.2) is 5.48 Å². The molecule has 1 saturated heterocycles. The Balaban J connectivity index is 1.32. The predicted octanol–water partition coefficient (Wildman–Crippen LogP) is 3.46. The van der Waals surface area contributed by atoms with E-state index in [-0.39, 0.29) is 6.42 Å². The molecule has 4 N–H and O–H groups in total. The van der Waals surface area contributed by atoms with Crippen molar-refractivity contribution in [3.63, 3.8) is 0 Å². The molecule has 1 atom stereocenters. The first-order chi connectivity index (χ1) is 19.9. The Kier molecular flexibility index (Phi) is 8.88. The summed E-state index contributed by atoms with van der Waals surface area (Å²) < 4.78 is 6.16. The fourth-order valence-electron chi connectivity index (χ4n) is 5.49. The summed E-state index contributed by atoms with van der Waals surface area (Å²) in [6.07, 6.45) is 0.192. The largest absolute Gasteiger partial charge is 0.489 e. The zero-order valence-corrected chi connectivity index (χ0v) is 23.1. The quantitative estimate of drug-likeness (QED) is 0.203. The van der Waals surface area contributed by atoms with Crippen molar-refractivity contribution in [2.24, 2.45) is 5.73 Å². The van der Waals surface area contributed by atoms with Gasteiger partial charge in [-0.1, -0.05) is 48.5 Å². The molecule has 0 saturated carbocycles. The Morgan fingerprint density at radius 1 is 0.976 bits per heavy atom. The minimum absolute atomic E-state index is 0.192. The number of pyridine rings is 1. The number of aromatic nitrogens is 1. The highest BCUT2D eigenvalue weighted by molar-refractivity contribution is 5.95. The number of para-hydroxylation sites is 1. The van der Waals surface area contributed by atoms with Crippen LogP contribution in [0.3, 0.4) is 0 Å². The maximum Gasteiger partial charge on any atom is 0.261 e. The first-order valence-corrected chi connectivity index (χ1v) is 13.8. The number of fused-ring (bicyclic) bond motifs is 1. The number of nitrogens with two attached hydrogens (primary N) is 1. The highest BCUT2D eigenvalue weighted by Gasteiger charge is 2.30. The third kappa shape index (κ3) is 6.89. The van der Waals surface area contributed by atoms with Crippen molar-refractivity contribution in [2.75, 3.05) is 26.2 Å². The zero-order chi connectivity index (χ0) is 28.8. The summed E-state index contributed by atoms with van der Waals surface area (Å²) in [5.41, 5.74) is 12.5. The number of nitrogens with zero attached hydrogens (tertiary/aromatic N) is 3. The summed E-state index contributed by atoms with van der Waals surface area (Å²) in [7, 11) is 0. The third-order valence-electron chi connectivity index (χ3n) is 7.59. The van der Waals surface area contributed by atoms with Crippen LogP contribution in [0, 0.1) is 6.92 Å². The topological polar surface area (TPSA) is 121 Å². The van der Waals surface area contributed by atoms with E-state index >= 15 is 0 Å². The van der Waals surface area contributed by atoms with E-state index in [1.165, 1.54) is 5.56 Å². The number of rotatable bonds is 10. The van der Waals surface area contributed by atoms with Gasteiger partial charge in [0.1, 0.15) is 12.4 Å². The van der Waals surface area contributed by atoms with E-state index in [1.54, 1.807) is 18.2 Å². The summed E-state index contributed by atoms with van der Waals surface area (Å²) >= 11 is 0. The number of carbonyl (C=O) groups is 2. The van der Waals surface area contributed by atoms with Crippen LogP contribution in [-0.2, 0) is 24.4 Å². The van der Waals surface area contributed by atoms with Gasteiger partial charge in [0.2, 0.25) is 5.91 Å². The normalized spacial score (nSPS) is 15.0. The summed E-state index contributed by atoms with van der Waals surface area (Å²) in [6, 6.07) is 24.6. The van der Waals surface area contributed by atoms with Gasteiger partial charge in [0.15, 0.2) is 0 Å². The van der Waals surface area contributed by atoms with Gasteiger partial charge in [0.25, 0.3) is 5.91 Å². The van der Waals surface area contributed by atoms with Gasteiger partial charge in [0.05, 0.1) is 11.6 Å². The standard InChI is InChI=1S/C32H35N5O4/c1-22-17-25(27-9-5-6-10-29(27)34-22)21-41-26-11-12-28(31(33)38)24(18-26)19-30(32(39)35-40)37-15-13-36(14-16-37)20-23-7-3-2-4-8-23/h2-12,17-18,30,40H,13-16,19-21H2,1H3,(H2,33,38)(H,35,39)/t30-/m0/s1. The van der Waals surface area contributed by atoms with Crippen molar-refractivity contribution in [3.05, 3.63) is 107 Å². The number of ether oxygens (including phenoxy) is 1. The van der Waals surface area contributed by atoms with Crippen molar-refractivity contribution in [3.8, 4) is 5.75 Å². The molecule has 0 bridgehead atoms. The number of nitrogens with one attached hydrogen (secondary N) is 1. The molecule has 1 aliphatic heterocycles. The lowest BCUT2D eigenvalue weighted by atomic mass is 9.97. The predicted molar refractivity (Wildman–Crippen MR) is 156 cm³/mol. The lowest BCUT2D eigenvalue weighted by Gasteiger charge is -2.38. The maximum absolute atomic E-state index is 12.9. The molecule has 9 heteroatoms. The van der Waals surface area contributed by atoms with Crippen LogP contribution in [0.1, 0.15) is 32.7 Å². The van der Waals surface area contributed by atoms with Crippen LogP contribution < -0.4 is 16.0 Å². The smallest absolute Gasteiger partial charge is 0.261 e. The van der Waals surface area contributed by atoms with Gasteiger partial charge >= 0.3 is 0 Å². The van der Waals surface area contributed by atoms with Crippen LogP contribution in [0.4, 0.5) is 0 Å². The summed E-state index contributed by atoms with van der Waals surface area (Å²) in [4.78, 5) is 34.1. The first kappa shape index (κ1) is 28.2. The SMILES string of the molecule is Cc1cc(COc2ccc(C(N)=O)c(C[C@@H](C(=O)NO)N3CCN(Cc4ccccc4)CC3)c2)c2ccccc2n1. The molecule has 5 rings (SSSR count). The molecule has 1 aliphatic rings. The molecule has 1 fully saturated rings. The fraction of sp³-hybridized carbons (Fsp3) is 0.281. The second kappa shape index (κ2) is 12.9. The van der Waals surface area contributed by atoms with Crippen molar-refractivity contribution in [1.29, 1.82) is 0 Å². The third-order valence-corrected chi connectivity index (χ3v) is 7.59. The Morgan fingerprint density at radius 2 is 1.71 bits per heavy atom. The van der Waals surface area contributed by atoms with Gasteiger partial charge in [-0.15, -0.1) is 0 Å². The van der Waals surface area contributed by atoms with Gasteiger partial charge in [-0.2, -0.15) is 0 Å². The number of hydroxylamine groups is 1. The molecular formula is C32H35N5O4. The maximum atomic E-state index is 12.9. The molecule has 1 aromatic heterocycles. The summed E-state index contributed by atoms with van der Waals surface area (Å²) in [5.74, 6) is -0.556. The van der Waals surface area contributed by atoms with Crippen LogP contribution >= 0.6 is 0 Å². The molecule has 41 heavy (non-hydrogen) atoms. The Bertz CT molecular complexity index is 1520. The monoisotopic (exact) mass is 553 g/mol. The number of hydrogen-bond acceptors (Lipinski definition) is 7. The molecule has 9 nitrogen and oxygen atoms in total. The number of piperazine rings is 1. The van der Waals surface area contributed by atoms with Crippen molar-refractivity contribution in [2.45, 2.75) is 32.5 Å². The molecule has 4 aromatic rings. The van der Waals surface area contributed by atoms with E-state index in [0.29, 0.717) is 36.6 Å². The Hall–Kier alpha value is -4.31. The molecule has 212 valence electrons. The molecular weight excluding hydrogens is 518 g/mol. The van der Waals surface area contributed by atoms with E-state index in [9.17, 15) is 14.8 Å². The van der Waals surface area contributed by atoms with Crippen LogP contribution in [0.25, 0.3) is 10.9 Å². The van der Waals surface area contributed by atoms with Gasteiger partial charge in [-0.3, -0.25) is 29.6 Å². The summed E-state index contributed by atoms with van der Waals surface area (Å²) in [5, 5.41) is 10.6. The Labute approximate surface area is 239 Å². The number of amides is 2. The number of benzene rings is 3. The second-order valence-corrected chi connectivity index (χ2v) is 10.4. The lowest BCUT2D eigenvalue weighted by Crippen LogP contribution is -2.55. The molecule has 3 aromatic carbocycles. The first-order valence-electron chi connectivity index (χ1n) is 13.8.